The Balaban J connectivity index is 1.75. The van der Waals surface area contributed by atoms with E-state index in [2.05, 4.69) is 54.0 Å². The molecule has 0 aliphatic heterocycles. The van der Waals surface area contributed by atoms with Crippen molar-refractivity contribution in [2.45, 2.75) is 25.9 Å². The number of amides is 2. The molecule has 3 aromatic rings. The van der Waals surface area contributed by atoms with Crippen LogP contribution in [0.3, 0.4) is 0 Å². The van der Waals surface area contributed by atoms with E-state index in [0.29, 0.717) is 11.3 Å². The second kappa shape index (κ2) is 9.17. The molecule has 2 atom stereocenters. The molecule has 5 nitrogen and oxygen atoms in total. The third-order valence-electron chi connectivity index (χ3n) is 4.93. The highest BCUT2D eigenvalue weighted by atomic mass is 16.2. The minimum Gasteiger partial charge on any atom is -0.366 e. The maximum absolute atomic E-state index is 12.7. The minimum absolute atomic E-state index is 0.00906. The molecule has 0 fully saturated rings. The summed E-state index contributed by atoms with van der Waals surface area (Å²) >= 11 is 0. The van der Waals surface area contributed by atoms with Crippen LogP contribution in [0.5, 0.6) is 0 Å². The van der Waals surface area contributed by atoms with Crippen LogP contribution in [-0.2, 0) is 4.79 Å². The minimum atomic E-state index is -0.492. The van der Waals surface area contributed by atoms with E-state index in [0.717, 1.165) is 11.1 Å². The Morgan fingerprint density at radius 3 is 2.03 bits per heavy atom. The highest BCUT2D eigenvalue weighted by Gasteiger charge is 2.24. The summed E-state index contributed by atoms with van der Waals surface area (Å²) in [7, 11) is 0. The van der Waals surface area contributed by atoms with Crippen molar-refractivity contribution >= 4 is 17.5 Å². The van der Waals surface area contributed by atoms with E-state index >= 15 is 0 Å². The van der Waals surface area contributed by atoms with Gasteiger partial charge in [0.2, 0.25) is 5.91 Å². The first-order valence-corrected chi connectivity index (χ1v) is 9.61. The maximum Gasteiger partial charge on any atom is 0.282 e. The topological polar surface area (TPSA) is 88.8 Å². The normalized spacial score (nSPS) is 12.8. The maximum atomic E-state index is 12.7. The SMILES string of the molecule is Cc1ccc([C@@H]([NH2+][C@@H](C)C(=O)Nc2ccc(C(N)=O)cc2)c2ccccc2)cc1. The fourth-order valence-electron chi connectivity index (χ4n) is 3.20. The van der Waals surface area contributed by atoms with Crippen LogP contribution in [0.25, 0.3) is 0 Å². The lowest BCUT2D eigenvalue weighted by Crippen LogP contribution is -2.92. The fraction of sp³-hybridized carbons (Fsp3) is 0.167. The zero-order valence-electron chi connectivity index (χ0n) is 16.6. The second-order valence-electron chi connectivity index (χ2n) is 7.21. The van der Waals surface area contributed by atoms with Crippen molar-refractivity contribution in [3.05, 3.63) is 101 Å². The Hall–Kier alpha value is -3.44. The molecule has 5 heteroatoms. The number of primary amides is 1. The zero-order chi connectivity index (χ0) is 20.8. The van der Waals surface area contributed by atoms with Crippen molar-refractivity contribution in [1.29, 1.82) is 0 Å². The smallest absolute Gasteiger partial charge is 0.282 e. The third kappa shape index (κ3) is 5.30. The van der Waals surface area contributed by atoms with Crippen LogP contribution in [0.4, 0.5) is 5.69 Å². The van der Waals surface area contributed by atoms with Crippen molar-refractivity contribution in [2.75, 3.05) is 5.32 Å². The van der Waals surface area contributed by atoms with Crippen molar-refractivity contribution in [3.8, 4) is 0 Å². The van der Waals surface area contributed by atoms with Gasteiger partial charge < -0.3 is 16.4 Å². The Kier molecular flexibility index (Phi) is 6.42. The van der Waals surface area contributed by atoms with Gasteiger partial charge in [0, 0.05) is 22.4 Å². The van der Waals surface area contributed by atoms with E-state index in [-0.39, 0.29) is 18.0 Å². The molecule has 29 heavy (non-hydrogen) atoms. The van der Waals surface area contributed by atoms with E-state index < -0.39 is 5.91 Å². The summed E-state index contributed by atoms with van der Waals surface area (Å²) < 4.78 is 0. The van der Waals surface area contributed by atoms with Crippen LogP contribution in [-0.4, -0.2) is 17.9 Å². The van der Waals surface area contributed by atoms with Gasteiger partial charge in [-0.1, -0.05) is 60.2 Å². The number of nitrogens with one attached hydrogen (secondary N) is 1. The van der Waals surface area contributed by atoms with Gasteiger partial charge in [0.15, 0.2) is 6.04 Å². The van der Waals surface area contributed by atoms with Gasteiger partial charge in [-0.25, -0.2) is 0 Å². The number of carbonyl (C=O) groups is 2. The summed E-state index contributed by atoms with van der Waals surface area (Å²) in [6.07, 6.45) is 0. The average molecular weight is 388 g/mol. The van der Waals surface area contributed by atoms with Crippen LogP contribution in [0, 0.1) is 6.92 Å². The molecule has 148 valence electrons. The molecule has 5 N–H and O–H groups in total. The van der Waals surface area contributed by atoms with Gasteiger partial charge in [-0.15, -0.1) is 0 Å². The molecule has 3 rings (SSSR count). The predicted octanol–water partition coefficient (Wildman–Crippen LogP) is 2.77. The molecular formula is C24H26N3O2+. The zero-order valence-corrected chi connectivity index (χ0v) is 16.6. The van der Waals surface area contributed by atoms with Crippen LogP contribution in [0.2, 0.25) is 0 Å². The van der Waals surface area contributed by atoms with Gasteiger partial charge in [-0.3, -0.25) is 9.59 Å². The Labute approximate surface area is 170 Å². The first kappa shape index (κ1) is 20.3. The fourth-order valence-corrected chi connectivity index (χ4v) is 3.20. The third-order valence-corrected chi connectivity index (χ3v) is 4.93. The molecule has 0 radical (unpaired) electrons. The Bertz CT molecular complexity index is 967. The molecule has 0 bridgehead atoms. The Morgan fingerprint density at radius 1 is 0.862 bits per heavy atom. The van der Waals surface area contributed by atoms with Crippen LogP contribution in [0.15, 0.2) is 78.9 Å². The number of aryl methyl sites for hydroxylation is 1. The summed E-state index contributed by atoms with van der Waals surface area (Å²) in [5, 5.41) is 4.97. The number of hydrogen-bond donors (Lipinski definition) is 3. The van der Waals surface area contributed by atoms with Crippen LogP contribution < -0.4 is 16.4 Å². The van der Waals surface area contributed by atoms with Gasteiger partial charge >= 0.3 is 0 Å². The molecular weight excluding hydrogens is 362 g/mol. The monoisotopic (exact) mass is 388 g/mol. The number of rotatable bonds is 7. The molecule has 0 saturated carbocycles. The van der Waals surface area contributed by atoms with E-state index in [9.17, 15) is 9.59 Å². The van der Waals surface area contributed by atoms with Crippen molar-refractivity contribution in [2.24, 2.45) is 5.73 Å². The molecule has 0 unspecified atom stereocenters. The second-order valence-corrected chi connectivity index (χ2v) is 7.21. The highest BCUT2D eigenvalue weighted by molar-refractivity contribution is 5.95. The summed E-state index contributed by atoms with van der Waals surface area (Å²) in [5.74, 6) is -0.599. The molecule has 0 aliphatic carbocycles. The number of anilines is 1. The van der Waals surface area contributed by atoms with Crippen molar-refractivity contribution < 1.29 is 14.9 Å². The van der Waals surface area contributed by atoms with Crippen LogP contribution in [0.1, 0.15) is 40.0 Å². The van der Waals surface area contributed by atoms with Crippen LogP contribution >= 0.6 is 0 Å². The number of carbonyl (C=O) groups excluding carboxylic acids is 2. The summed E-state index contributed by atoms with van der Waals surface area (Å²) in [6.45, 7) is 3.95. The average Bonchev–Trinajstić information content (AvgIpc) is 2.73. The van der Waals surface area contributed by atoms with Gasteiger partial charge in [0.05, 0.1) is 0 Å². The molecule has 0 heterocycles. The lowest BCUT2D eigenvalue weighted by atomic mass is 9.97. The van der Waals surface area contributed by atoms with Gasteiger partial charge in [-0.05, 0) is 38.1 Å². The standard InChI is InChI=1S/C24H25N3O2/c1-16-8-10-19(11-9-16)22(18-6-4-3-5-7-18)26-17(2)24(29)27-21-14-12-20(13-15-21)23(25)28/h3-15,17,22,26H,1-2H3,(H2,25,28)(H,27,29)/p+1/t17-,22-/m0/s1. The van der Waals surface area contributed by atoms with E-state index in [1.54, 1.807) is 24.3 Å². The quantitative estimate of drug-likeness (QED) is 0.581. The number of benzene rings is 3. The summed E-state index contributed by atoms with van der Waals surface area (Å²) in [4.78, 5) is 23.9. The molecule has 0 aromatic heterocycles. The van der Waals surface area contributed by atoms with Gasteiger partial charge in [0.1, 0.15) is 6.04 Å². The van der Waals surface area contributed by atoms with E-state index in [1.807, 2.05) is 25.1 Å². The number of quaternary nitrogens is 1. The Morgan fingerprint density at radius 2 is 1.45 bits per heavy atom. The molecule has 2 amide bonds. The summed E-state index contributed by atoms with van der Waals surface area (Å²) in [6, 6.07) is 24.8. The van der Waals surface area contributed by atoms with Gasteiger partial charge in [0.25, 0.3) is 5.91 Å². The molecule has 3 aromatic carbocycles. The lowest BCUT2D eigenvalue weighted by molar-refractivity contribution is -0.704. The first-order chi connectivity index (χ1) is 13.9. The molecule has 0 aliphatic rings. The summed E-state index contributed by atoms with van der Waals surface area (Å²) in [5.41, 5.74) is 9.78. The lowest BCUT2D eigenvalue weighted by Gasteiger charge is -2.21. The number of nitrogens with two attached hydrogens (primary N) is 2. The number of hydrogen-bond acceptors (Lipinski definition) is 2. The van der Waals surface area contributed by atoms with E-state index in [1.165, 1.54) is 5.56 Å². The van der Waals surface area contributed by atoms with Crippen molar-refractivity contribution in [1.82, 2.24) is 0 Å². The largest absolute Gasteiger partial charge is 0.366 e. The highest BCUT2D eigenvalue weighted by Crippen LogP contribution is 2.19. The van der Waals surface area contributed by atoms with E-state index in [4.69, 9.17) is 5.73 Å². The van der Waals surface area contributed by atoms with Gasteiger partial charge in [-0.2, -0.15) is 0 Å². The first-order valence-electron chi connectivity index (χ1n) is 9.61. The predicted molar refractivity (Wildman–Crippen MR) is 114 cm³/mol. The van der Waals surface area contributed by atoms with Crippen molar-refractivity contribution in [3.63, 3.8) is 0 Å². The molecule has 0 spiro atoms. The molecule has 0 saturated heterocycles.